The molecule has 0 unspecified atom stereocenters. The summed E-state index contributed by atoms with van der Waals surface area (Å²) in [7, 11) is 1.58. The molecule has 0 aliphatic carbocycles. The topological polar surface area (TPSA) is 64.3 Å². The molecule has 0 saturated heterocycles. The van der Waals surface area contributed by atoms with Crippen LogP contribution in [0.15, 0.2) is 22.7 Å². The van der Waals surface area contributed by atoms with Crippen molar-refractivity contribution in [2.45, 2.75) is 6.42 Å². The van der Waals surface area contributed by atoms with Gasteiger partial charge < -0.3 is 15.8 Å². The second-order valence-electron chi connectivity index (χ2n) is 3.25. The number of rotatable bonds is 5. The lowest BCUT2D eigenvalue weighted by atomic mass is 10.1. The lowest BCUT2D eigenvalue weighted by molar-refractivity contribution is -0.122. The molecule has 1 aromatic rings. The molecular formula is C11H15BrN2O2. The molecule has 1 rings (SSSR count). The highest BCUT2D eigenvalue weighted by Gasteiger charge is 2.06. The van der Waals surface area contributed by atoms with E-state index in [0.717, 1.165) is 16.5 Å². The van der Waals surface area contributed by atoms with Crippen molar-refractivity contribution >= 4 is 21.8 Å². The average molecular weight is 287 g/mol. The van der Waals surface area contributed by atoms with E-state index in [1.54, 1.807) is 7.05 Å². The third-order valence-corrected chi connectivity index (χ3v) is 2.57. The van der Waals surface area contributed by atoms with Gasteiger partial charge in [-0.05, 0) is 36.7 Å². The number of amides is 1. The Hall–Kier alpha value is -1.07. The summed E-state index contributed by atoms with van der Waals surface area (Å²) in [5, 5.41) is 2.50. The van der Waals surface area contributed by atoms with Crippen LogP contribution in [0, 0.1) is 0 Å². The number of hydrogen-bond donors (Lipinski definition) is 2. The number of carbonyl (C=O) groups excluding carboxylic acids is 1. The first-order valence-electron chi connectivity index (χ1n) is 4.99. The monoisotopic (exact) mass is 286 g/mol. The molecule has 0 saturated carbocycles. The fourth-order valence-corrected chi connectivity index (χ4v) is 1.66. The lowest BCUT2D eigenvalue weighted by Crippen LogP contribution is -2.25. The van der Waals surface area contributed by atoms with Crippen molar-refractivity contribution in [3.05, 3.63) is 28.2 Å². The van der Waals surface area contributed by atoms with Gasteiger partial charge >= 0.3 is 0 Å². The van der Waals surface area contributed by atoms with Crippen LogP contribution in [-0.4, -0.2) is 26.1 Å². The zero-order valence-corrected chi connectivity index (χ0v) is 10.7. The molecule has 0 heterocycles. The molecule has 88 valence electrons. The highest BCUT2D eigenvalue weighted by Crippen LogP contribution is 2.23. The van der Waals surface area contributed by atoms with Gasteiger partial charge in [0.2, 0.25) is 0 Å². The van der Waals surface area contributed by atoms with Crippen molar-refractivity contribution in [1.82, 2.24) is 5.32 Å². The van der Waals surface area contributed by atoms with E-state index in [1.807, 2.05) is 18.2 Å². The molecule has 5 heteroatoms. The highest BCUT2D eigenvalue weighted by molar-refractivity contribution is 9.10. The van der Waals surface area contributed by atoms with Gasteiger partial charge in [-0.3, -0.25) is 4.79 Å². The first-order valence-corrected chi connectivity index (χ1v) is 5.78. The summed E-state index contributed by atoms with van der Waals surface area (Å²) >= 11 is 3.38. The van der Waals surface area contributed by atoms with Gasteiger partial charge in [-0.2, -0.15) is 0 Å². The van der Waals surface area contributed by atoms with E-state index in [1.165, 1.54) is 0 Å². The number of nitrogens with one attached hydrogen (secondary N) is 1. The van der Waals surface area contributed by atoms with E-state index in [-0.39, 0.29) is 12.5 Å². The van der Waals surface area contributed by atoms with Crippen molar-refractivity contribution in [2.24, 2.45) is 5.73 Å². The average Bonchev–Trinajstić information content (AvgIpc) is 2.28. The van der Waals surface area contributed by atoms with Gasteiger partial charge in [-0.25, -0.2) is 0 Å². The molecule has 3 N–H and O–H groups in total. The lowest BCUT2D eigenvalue weighted by Gasteiger charge is -2.10. The quantitative estimate of drug-likeness (QED) is 0.851. The maximum atomic E-state index is 11.1. The molecule has 0 fully saturated rings. The summed E-state index contributed by atoms with van der Waals surface area (Å²) in [6.07, 6.45) is 0.725. The predicted octanol–water partition coefficient (Wildman–Crippen LogP) is 1.08. The number of hydrogen-bond acceptors (Lipinski definition) is 3. The van der Waals surface area contributed by atoms with E-state index in [2.05, 4.69) is 21.2 Å². The zero-order chi connectivity index (χ0) is 12.0. The van der Waals surface area contributed by atoms with E-state index < -0.39 is 0 Å². The third kappa shape index (κ3) is 3.83. The number of ether oxygens (including phenoxy) is 1. The number of nitrogens with two attached hydrogens (primary N) is 1. The number of benzene rings is 1. The van der Waals surface area contributed by atoms with Crippen molar-refractivity contribution in [3.8, 4) is 5.75 Å². The first-order chi connectivity index (χ1) is 7.67. The number of halogens is 1. The summed E-state index contributed by atoms with van der Waals surface area (Å²) in [6, 6.07) is 5.66. The Morgan fingerprint density at radius 1 is 1.56 bits per heavy atom. The molecule has 0 atom stereocenters. The van der Waals surface area contributed by atoms with Crippen LogP contribution in [0.2, 0.25) is 0 Å². The van der Waals surface area contributed by atoms with Gasteiger partial charge in [-0.15, -0.1) is 0 Å². The number of likely N-dealkylation sites (N-methyl/N-ethyl adjacent to an activating group) is 1. The minimum absolute atomic E-state index is 0.0235. The number of carbonyl (C=O) groups is 1. The second kappa shape index (κ2) is 6.50. The zero-order valence-electron chi connectivity index (χ0n) is 9.13. The Morgan fingerprint density at radius 3 is 2.94 bits per heavy atom. The fourth-order valence-electron chi connectivity index (χ4n) is 1.26. The Bertz CT molecular complexity index is 369. The van der Waals surface area contributed by atoms with E-state index >= 15 is 0 Å². The van der Waals surface area contributed by atoms with Crippen LogP contribution >= 0.6 is 15.9 Å². The van der Waals surface area contributed by atoms with Crippen LogP contribution in [0.1, 0.15) is 5.56 Å². The Labute approximate surface area is 103 Å². The normalized spacial score (nSPS) is 9.94. The highest BCUT2D eigenvalue weighted by atomic mass is 79.9. The molecule has 16 heavy (non-hydrogen) atoms. The summed E-state index contributed by atoms with van der Waals surface area (Å²) in [5.74, 6) is 0.555. The van der Waals surface area contributed by atoms with Gasteiger partial charge in [0.1, 0.15) is 5.75 Å². The second-order valence-corrected chi connectivity index (χ2v) is 4.17. The maximum Gasteiger partial charge on any atom is 0.257 e. The fraction of sp³-hybridized carbons (Fsp3) is 0.364. The van der Waals surface area contributed by atoms with Gasteiger partial charge in [0.25, 0.3) is 5.91 Å². The van der Waals surface area contributed by atoms with Crippen LogP contribution in [0.3, 0.4) is 0 Å². The van der Waals surface area contributed by atoms with Crippen LogP contribution in [-0.2, 0) is 11.2 Å². The SMILES string of the molecule is CNC(=O)COc1ccc(Br)cc1CCN. The summed E-state index contributed by atoms with van der Waals surface area (Å²) in [6.45, 7) is 0.572. The molecule has 4 nitrogen and oxygen atoms in total. The van der Waals surface area contributed by atoms with Crippen LogP contribution in [0.25, 0.3) is 0 Å². The van der Waals surface area contributed by atoms with E-state index in [4.69, 9.17) is 10.5 Å². The van der Waals surface area contributed by atoms with Crippen molar-refractivity contribution in [3.63, 3.8) is 0 Å². The molecule has 0 radical (unpaired) electrons. The van der Waals surface area contributed by atoms with Crippen LogP contribution < -0.4 is 15.8 Å². The Morgan fingerprint density at radius 2 is 2.31 bits per heavy atom. The molecule has 1 amide bonds. The standard InChI is InChI=1S/C11H15BrN2O2/c1-14-11(15)7-16-10-3-2-9(12)6-8(10)4-5-13/h2-3,6H,4-5,7,13H2,1H3,(H,14,15). The Balaban J connectivity index is 2.73. The Kier molecular flexibility index (Phi) is 5.28. The minimum atomic E-state index is -0.151. The summed E-state index contributed by atoms with van der Waals surface area (Å²) < 4.78 is 6.38. The molecular weight excluding hydrogens is 272 g/mol. The van der Waals surface area contributed by atoms with E-state index in [9.17, 15) is 4.79 Å². The molecule has 0 bridgehead atoms. The molecule has 0 spiro atoms. The van der Waals surface area contributed by atoms with Crippen LogP contribution in [0.5, 0.6) is 5.75 Å². The largest absolute Gasteiger partial charge is 0.483 e. The summed E-state index contributed by atoms with van der Waals surface area (Å²) in [5.41, 5.74) is 6.51. The minimum Gasteiger partial charge on any atom is -0.483 e. The maximum absolute atomic E-state index is 11.1. The van der Waals surface area contributed by atoms with Crippen LogP contribution in [0.4, 0.5) is 0 Å². The molecule has 1 aromatic carbocycles. The van der Waals surface area contributed by atoms with Crippen molar-refractivity contribution in [1.29, 1.82) is 0 Å². The molecule has 0 aliphatic heterocycles. The summed E-state index contributed by atoms with van der Waals surface area (Å²) in [4.78, 5) is 11.1. The van der Waals surface area contributed by atoms with E-state index in [0.29, 0.717) is 12.3 Å². The van der Waals surface area contributed by atoms with Crippen molar-refractivity contribution < 1.29 is 9.53 Å². The van der Waals surface area contributed by atoms with Crippen molar-refractivity contribution in [2.75, 3.05) is 20.2 Å². The first kappa shape index (κ1) is 13.0. The smallest absolute Gasteiger partial charge is 0.257 e. The van der Waals surface area contributed by atoms with Gasteiger partial charge in [0.05, 0.1) is 0 Å². The predicted molar refractivity (Wildman–Crippen MR) is 66.5 cm³/mol. The van der Waals surface area contributed by atoms with Gasteiger partial charge in [-0.1, -0.05) is 15.9 Å². The van der Waals surface area contributed by atoms with Gasteiger partial charge in [0.15, 0.2) is 6.61 Å². The molecule has 0 aliphatic rings. The van der Waals surface area contributed by atoms with Gasteiger partial charge in [0, 0.05) is 11.5 Å². The molecule has 0 aromatic heterocycles. The third-order valence-electron chi connectivity index (χ3n) is 2.07.